The van der Waals surface area contributed by atoms with Crippen LogP contribution in [0.15, 0.2) is 27.8 Å². The summed E-state index contributed by atoms with van der Waals surface area (Å²) in [6, 6.07) is 3.81. The highest BCUT2D eigenvalue weighted by molar-refractivity contribution is 14.0. The molecule has 0 radical (unpaired) electrons. The number of halogens is 1. The van der Waals surface area contributed by atoms with Crippen LogP contribution in [0.2, 0.25) is 0 Å². The van der Waals surface area contributed by atoms with E-state index in [0.29, 0.717) is 37.6 Å². The van der Waals surface area contributed by atoms with Gasteiger partial charge in [-0.3, -0.25) is 10.1 Å². The van der Waals surface area contributed by atoms with Crippen molar-refractivity contribution < 1.29 is 12.8 Å². The maximum atomic E-state index is 12.0. The lowest BCUT2D eigenvalue weighted by atomic mass is 10.1. The second-order valence-corrected chi connectivity index (χ2v) is 9.07. The van der Waals surface area contributed by atoms with Gasteiger partial charge in [0.05, 0.1) is 12.0 Å². The largest absolute Gasteiger partial charge is 0.461 e. The number of aromatic nitrogens is 3. The zero-order valence-electron chi connectivity index (χ0n) is 17.3. The van der Waals surface area contributed by atoms with E-state index in [2.05, 4.69) is 30.8 Å². The highest BCUT2D eigenvalue weighted by atomic mass is 127. The Morgan fingerprint density at radius 1 is 1.37 bits per heavy atom. The van der Waals surface area contributed by atoms with E-state index in [1.54, 1.807) is 23.6 Å². The number of aromatic amines is 1. The number of H-pyrrole nitrogens is 1. The lowest BCUT2D eigenvalue weighted by molar-refractivity contribution is 0.306. The van der Waals surface area contributed by atoms with Gasteiger partial charge in [-0.05, 0) is 38.8 Å². The Kier molecular flexibility index (Phi) is 9.55. The molecule has 0 aliphatic carbocycles. The van der Waals surface area contributed by atoms with Crippen LogP contribution in [0, 0.1) is 0 Å². The summed E-state index contributed by atoms with van der Waals surface area (Å²) in [5.41, 5.74) is 0. The van der Waals surface area contributed by atoms with Gasteiger partial charge in [0, 0.05) is 38.6 Å². The molecule has 2 aromatic heterocycles. The number of nitrogens with zero attached hydrogens (tertiary/aromatic N) is 4. The molecule has 3 rings (SSSR count). The van der Waals surface area contributed by atoms with Gasteiger partial charge in [0.1, 0.15) is 5.82 Å². The minimum absolute atomic E-state index is 0. The molecule has 2 aromatic rings. The van der Waals surface area contributed by atoms with E-state index in [1.807, 2.05) is 13.0 Å². The molecule has 0 amide bonds. The summed E-state index contributed by atoms with van der Waals surface area (Å²) in [5.74, 6) is 2.79. The van der Waals surface area contributed by atoms with E-state index in [4.69, 9.17) is 4.42 Å². The van der Waals surface area contributed by atoms with Crippen LogP contribution in [0.5, 0.6) is 0 Å². The number of piperidine rings is 1. The second-order valence-electron chi connectivity index (χ2n) is 6.81. The van der Waals surface area contributed by atoms with Gasteiger partial charge in [0.2, 0.25) is 15.8 Å². The molecule has 0 atom stereocenters. The predicted octanol–water partition coefficient (Wildman–Crippen LogP) is 1.59. The molecule has 168 valence electrons. The Morgan fingerprint density at radius 3 is 2.77 bits per heavy atom. The van der Waals surface area contributed by atoms with Crippen molar-refractivity contribution in [2.75, 3.05) is 31.9 Å². The molecule has 0 aromatic carbocycles. The molecule has 1 fully saturated rings. The minimum atomic E-state index is -3.11. The van der Waals surface area contributed by atoms with Gasteiger partial charge in [-0.25, -0.2) is 17.7 Å². The molecule has 1 aliphatic heterocycles. The van der Waals surface area contributed by atoms with Gasteiger partial charge < -0.3 is 15.1 Å². The molecular formula is C18H30IN7O3S. The Labute approximate surface area is 194 Å². The summed E-state index contributed by atoms with van der Waals surface area (Å²) in [6.45, 7) is 6.08. The summed E-state index contributed by atoms with van der Waals surface area (Å²) >= 11 is 0. The fraction of sp³-hybridized carbons (Fsp3) is 0.611. The van der Waals surface area contributed by atoms with E-state index in [-0.39, 0.29) is 35.8 Å². The van der Waals surface area contributed by atoms with Gasteiger partial charge in [0.25, 0.3) is 0 Å². The first-order valence-electron chi connectivity index (χ1n) is 9.99. The Morgan fingerprint density at radius 2 is 2.13 bits per heavy atom. The number of hydrogen-bond acceptors (Lipinski definition) is 6. The zero-order chi connectivity index (χ0) is 20.7. The number of sulfonamides is 1. The number of furan rings is 1. The topological polar surface area (TPSA) is 129 Å². The molecule has 10 nitrogen and oxygen atoms in total. The van der Waals surface area contributed by atoms with Gasteiger partial charge in [0.15, 0.2) is 11.7 Å². The van der Waals surface area contributed by atoms with Crippen molar-refractivity contribution >= 4 is 40.0 Å². The first kappa shape index (κ1) is 24.6. The van der Waals surface area contributed by atoms with Crippen LogP contribution in [0.1, 0.15) is 32.5 Å². The quantitative estimate of drug-likeness (QED) is 0.258. The Hall–Kier alpha value is -1.67. The molecular weight excluding hydrogens is 521 g/mol. The predicted molar refractivity (Wildman–Crippen MR) is 126 cm³/mol. The van der Waals surface area contributed by atoms with E-state index >= 15 is 0 Å². The van der Waals surface area contributed by atoms with Gasteiger partial charge in [-0.2, -0.15) is 5.10 Å². The van der Waals surface area contributed by atoms with Gasteiger partial charge in [-0.1, -0.05) is 0 Å². The van der Waals surface area contributed by atoms with E-state index in [1.165, 1.54) is 0 Å². The van der Waals surface area contributed by atoms with E-state index in [0.717, 1.165) is 31.2 Å². The fourth-order valence-corrected chi connectivity index (χ4v) is 4.30. The highest BCUT2D eigenvalue weighted by Gasteiger charge is 2.27. The zero-order valence-corrected chi connectivity index (χ0v) is 20.4. The molecule has 12 heteroatoms. The van der Waals surface area contributed by atoms with Crippen molar-refractivity contribution in [3.63, 3.8) is 0 Å². The molecule has 30 heavy (non-hydrogen) atoms. The average Bonchev–Trinajstić information content (AvgIpc) is 3.40. The maximum absolute atomic E-state index is 12.0. The third-order valence-corrected chi connectivity index (χ3v) is 6.67. The molecule has 0 saturated carbocycles. The normalized spacial score (nSPS) is 16.3. The number of hydrogen-bond donors (Lipinski definition) is 3. The lowest BCUT2D eigenvalue weighted by Crippen LogP contribution is -2.50. The van der Waals surface area contributed by atoms with Crippen molar-refractivity contribution in [2.24, 2.45) is 4.99 Å². The Balaban J connectivity index is 0.00000320. The summed E-state index contributed by atoms with van der Waals surface area (Å²) in [5, 5.41) is 13.7. The third kappa shape index (κ3) is 6.67. The van der Waals surface area contributed by atoms with Crippen LogP contribution in [0.4, 0.5) is 0 Å². The lowest BCUT2D eigenvalue weighted by Gasteiger charge is -2.32. The monoisotopic (exact) mass is 551 g/mol. The van der Waals surface area contributed by atoms with Crippen LogP contribution in [0.25, 0.3) is 11.6 Å². The van der Waals surface area contributed by atoms with E-state index < -0.39 is 10.0 Å². The molecule has 0 bridgehead atoms. The highest BCUT2D eigenvalue weighted by Crippen LogP contribution is 2.15. The van der Waals surface area contributed by atoms with Crippen LogP contribution >= 0.6 is 24.0 Å². The summed E-state index contributed by atoms with van der Waals surface area (Å²) in [7, 11) is -3.11. The van der Waals surface area contributed by atoms with Crippen molar-refractivity contribution in [3.05, 3.63) is 24.2 Å². The van der Waals surface area contributed by atoms with Crippen LogP contribution in [-0.2, 0) is 16.4 Å². The summed E-state index contributed by atoms with van der Waals surface area (Å²) in [6.07, 6.45) is 3.74. The second kappa shape index (κ2) is 11.6. The fourth-order valence-electron chi connectivity index (χ4n) is 3.17. The molecule has 3 heterocycles. The molecule has 1 saturated heterocycles. The number of rotatable bonds is 8. The van der Waals surface area contributed by atoms with Gasteiger partial charge >= 0.3 is 0 Å². The van der Waals surface area contributed by atoms with Crippen LogP contribution in [-0.4, -0.2) is 71.8 Å². The summed E-state index contributed by atoms with van der Waals surface area (Å²) in [4.78, 5) is 9.03. The molecule has 0 spiro atoms. The SMILES string of the molecule is CCNC(=NCCc1nc(-c2ccco2)n[nH]1)NC1CCN(S(=O)(=O)CC)CC1.I. The maximum Gasteiger partial charge on any atom is 0.216 e. The van der Waals surface area contributed by atoms with Crippen LogP contribution in [0.3, 0.4) is 0 Å². The number of nitrogens with one attached hydrogen (secondary N) is 3. The van der Waals surface area contributed by atoms with E-state index in [9.17, 15) is 8.42 Å². The minimum Gasteiger partial charge on any atom is -0.461 e. The first-order valence-corrected chi connectivity index (χ1v) is 11.6. The third-order valence-electron chi connectivity index (χ3n) is 4.79. The molecule has 3 N–H and O–H groups in total. The number of aliphatic imine (C=N–C) groups is 1. The van der Waals surface area contributed by atoms with Crippen molar-refractivity contribution in [2.45, 2.75) is 39.2 Å². The molecule has 0 unspecified atom stereocenters. The first-order chi connectivity index (χ1) is 14.0. The standard InChI is InChI=1S/C18H29N7O3S.HI/c1-3-19-18(21-14-8-11-25(12-9-14)29(26,27)4-2)20-10-7-16-22-17(24-23-16)15-6-5-13-28-15;/h5-6,13-14H,3-4,7-12H2,1-2H3,(H2,19,20,21)(H,22,23,24);1H. The summed E-state index contributed by atoms with van der Waals surface area (Å²) < 4.78 is 30.8. The van der Waals surface area contributed by atoms with Crippen molar-refractivity contribution in [3.8, 4) is 11.6 Å². The molecule has 1 aliphatic rings. The Bertz CT molecular complexity index is 891. The average molecular weight is 551 g/mol. The number of guanidine groups is 1. The van der Waals surface area contributed by atoms with Gasteiger partial charge in [-0.15, -0.1) is 24.0 Å². The van der Waals surface area contributed by atoms with Crippen molar-refractivity contribution in [1.29, 1.82) is 0 Å². The van der Waals surface area contributed by atoms with Crippen molar-refractivity contribution in [1.82, 2.24) is 30.1 Å². The smallest absolute Gasteiger partial charge is 0.216 e. The van der Waals surface area contributed by atoms with Crippen LogP contribution < -0.4 is 10.6 Å².